The lowest BCUT2D eigenvalue weighted by atomic mass is 10.1. The summed E-state index contributed by atoms with van der Waals surface area (Å²) in [6.45, 7) is 1.47. The summed E-state index contributed by atoms with van der Waals surface area (Å²) < 4.78 is 35.2. The average molecular weight is 433 g/mol. The summed E-state index contributed by atoms with van der Waals surface area (Å²) in [4.78, 5) is 17.7. The second kappa shape index (κ2) is 8.07. The van der Waals surface area contributed by atoms with Crippen LogP contribution in [0.25, 0.3) is 5.65 Å². The van der Waals surface area contributed by atoms with Crippen LogP contribution < -0.4 is 10.1 Å². The molecule has 1 atom stereocenters. The number of fused-ring (bicyclic) bond motifs is 2. The molecule has 1 aliphatic carbocycles. The van der Waals surface area contributed by atoms with E-state index >= 15 is 0 Å². The van der Waals surface area contributed by atoms with Crippen molar-refractivity contribution >= 4 is 11.6 Å². The molecule has 2 heterocycles. The number of halogens is 2. The Morgan fingerprint density at radius 2 is 1.91 bits per heavy atom. The number of hydrogen-bond acceptors (Lipinski definition) is 3. The lowest BCUT2D eigenvalue weighted by Gasteiger charge is -2.14. The molecule has 5 rings (SSSR count). The van der Waals surface area contributed by atoms with E-state index in [-0.39, 0.29) is 24.1 Å². The van der Waals surface area contributed by atoms with Gasteiger partial charge in [-0.15, -0.1) is 0 Å². The van der Waals surface area contributed by atoms with Gasteiger partial charge in [-0.3, -0.25) is 9.20 Å². The summed E-state index contributed by atoms with van der Waals surface area (Å²) in [5.41, 5.74) is 3.61. The molecule has 0 saturated heterocycles. The molecule has 1 N–H and O–H groups in total. The number of nitrogens with zero attached hydrogens (tertiary/aromatic N) is 2. The Labute approximate surface area is 183 Å². The van der Waals surface area contributed by atoms with Crippen molar-refractivity contribution in [3.05, 3.63) is 101 Å². The van der Waals surface area contributed by atoms with E-state index in [2.05, 4.69) is 16.4 Å². The summed E-state index contributed by atoms with van der Waals surface area (Å²) in [7, 11) is 0. The van der Waals surface area contributed by atoms with Gasteiger partial charge in [0.25, 0.3) is 5.91 Å². The molecule has 162 valence electrons. The third kappa shape index (κ3) is 3.49. The molecule has 1 amide bonds. The molecule has 0 fully saturated rings. The maximum Gasteiger partial charge on any atom is 0.270 e. The summed E-state index contributed by atoms with van der Waals surface area (Å²) in [5.74, 6) is -1.24. The summed E-state index contributed by atoms with van der Waals surface area (Å²) in [6.07, 6.45) is 3.50. The van der Waals surface area contributed by atoms with Crippen LogP contribution in [0.15, 0.2) is 60.8 Å². The van der Waals surface area contributed by atoms with Crippen LogP contribution in [0.2, 0.25) is 0 Å². The number of hydrogen-bond donors (Lipinski definition) is 1. The first-order chi connectivity index (χ1) is 15.5. The number of benzene rings is 2. The zero-order chi connectivity index (χ0) is 22.2. The van der Waals surface area contributed by atoms with Crippen LogP contribution >= 0.6 is 0 Å². The number of ether oxygens (including phenoxy) is 1. The normalized spacial score (nSPS) is 15.0. The SMILES string of the molecule is Cc1nc2c(OCc3c(F)cccc3F)cccn2c1C(=O)N[C@H]1CCc2ccccc21. The Balaban J connectivity index is 1.42. The van der Waals surface area contributed by atoms with Crippen molar-refractivity contribution in [2.24, 2.45) is 0 Å². The molecule has 32 heavy (non-hydrogen) atoms. The van der Waals surface area contributed by atoms with E-state index in [1.165, 1.54) is 23.8 Å². The highest BCUT2D eigenvalue weighted by Gasteiger charge is 2.26. The van der Waals surface area contributed by atoms with Gasteiger partial charge in [0.1, 0.15) is 23.9 Å². The largest absolute Gasteiger partial charge is 0.485 e. The summed E-state index contributed by atoms with van der Waals surface area (Å²) in [6, 6.07) is 15.1. The van der Waals surface area contributed by atoms with Crippen molar-refractivity contribution in [2.75, 3.05) is 0 Å². The molecule has 0 saturated carbocycles. The Morgan fingerprint density at radius 1 is 1.12 bits per heavy atom. The zero-order valence-corrected chi connectivity index (χ0v) is 17.4. The predicted molar refractivity (Wildman–Crippen MR) is 116 cm³/mol. The second-order valence-electron chi connectivity index (χ2n) is 7.86. The molecule has 2 aromatic carbocycles. The number of amides is 1. The smallest absolute Gasteiger partial charge is 0.270 e. The quantitative estimate of drug-likeness (QED) is 0.486. The predicted octanol–water partition coefficient (Wildman–Crippen LogP) is 4.92. The first kappa shape index (κ1) is 20.2. The molecule has 0 unspecified atom stereocenters. The Hall–Kier alpha value is -3.74. The Bertz CT molecular complexity index is 1310. The molecule has 0 aliphatic heterocycles. The number of pyridine rings is 1. The number of imidazole rings is 1. The van der Waals surface area contributed by atoms with Crippen LogP contribution in [0.5, 0.6) is 5.75 Å². The van der Waals surface area contributed by atoms with Crippen molar-refractivity contribution in [2.45, 2.75) is 32.4 Å². The minimum Gasteiger partial charge on any atom is -0.485 e. The van der Waals surface area contributed by atoms with E-state index in [9.17, 15) is 13.6 Å². The first-order valence-corrected chi connectivity index (χ1v) is 10.4. The third-order valence-electron chi connectivity index (χ3n) is 5.88. The van der Waals surface area contributed by atoms with Crippen LogP contribution in [-0.4, -0.2) is 15.3 Å². The molecule has 4 aromatic rings. The minimum absolute atomic E-state index is 0.0490. The zero-order valence-electron chi connectivity index (χ0n) is 17.4. The van der Waals surface area contributed by atoms with Crippen molar-refractivity contribution in [1.29, 1.82) is 0 Å². The average Bonchev–Trinajstić information content (AvgIpc) is 3.34. The van der Waals surface area contributed by atoms with Gasteiger partial charge in [0, 0.05) is 6.20 Å². The van der Waals surface area contributed by atoms with E-state index < -0.39 is 11.6 Å². The number of aromatic nitrogens is 2. The highest BCUT2D eigenvalue weighted by Crippen LogP contribution is 2.31. The van der Waals surface area contributed by atoms with Gasteiger partial charge in [0.05, 0.1) is 17.3 Å². The topological polar surface area (TPSA) is 55.6 Å². The highest BCUT2D eigenvalue weighted by molar-refractivity contribution is 5.95. The first-order valence-electron chi connectivity index (χ1n) is 10.4. The van der Waals surface area contributed by atoms with Crippen LogP contribution in [0.3, 0.4) is 0 Å². The van der Waals surface area contributed by atoms with Crippen molar-refractivity contribution in [3.8, 4) is 5.75 Å². The van der Waals surface area contributed by atoms with Crippen LogP contribution in [-0.2, 0) is 13.0 Å². The fraction of sp³-hybridized carbons (Fsp3) is 0.200. The van der Waals surface area contributed by atoms with Gasteiger partial charge in [-0.2, -0.15) is 0 Å². The summed E-state index contributed by atoms with van der Waals surface area (Å²) >= 11 is 0. The van der Waals surface area contributed by atoms with Gasteiger partial charge >= 0.3 is 0 Å². The summed E-state index contributed by atoms with van der Waals surface area (Å²) in [5, 5.41) is 3.12. The van der Waals surface area contributed by atoms with Crippen LogP contribution in [0.1, 0.15) is 45.3 Å². The second-order valence-corrected chi connectivity index (χ2v) is 7.86. The number of rotatable bonds is 5. The molecule has 7 heteroatoms. The van der Waals surface area contributed by atoms with Crippen molar-refractivity contribution in [3.63, 3.8) is 0 Å². The molecule has 2 aromatic heterocycles. The van der Waals surface area contributed by atoms with E-state index in [0.29, 0.717) is 22.8 Å². The monoisotopic (exact) mass is 433 g/mol. The highest BCUT2D eigenvalue weighted by atomic mass is 19.1. The van der Waals surface area contributed by atoms with Gasteiger partial charge in [0.2, 0.25) is 0 Å². The van der Waals surface area contributed by atoms with E-state index in [1.807, 2.05) is 18.2 Å². The van der Waals surface area contributed by atoms with Gasteiger partial charge in [-0.1, -0.05) is 30.3 Å². The Kier molecular flexibility index (Phi) is 5.09. The standard InChI is InChI=1S/C25H21F2N3O2/c1-15-23(25(31)29-21-12-11-16-6-2-3-7-17(16)21)30-13-5-10-22(24(30)28-15)32-14-18-19(26)8-4-9-20(18)27/h2-10,13,21H,11-12,14H2,1H3,(H,29,31)/t21-/m0/s1. The molecular formula is C25H21F2N3O2. The molecule has 1 aliphatic rings. The number of nitrogens with one attached hydrogen (secondary N) is 1. The van der Waals surface area contributed by atoms with Crippen molar-refractivity contribution in [1.82, 2.24) is 14.7 Å². The maximum atomic E-state index is 13.9. The number of carbonyl (C=O) groups is 1. The van der Waals surface area contributed by atoms with E-state index in [0.717, 1.165) is 18.4 Å². The minimum atomic E-state index is -0.673. The third-order valence-corrected chi connectivity index (χ3v) is 5.88. The lowest BCUT2D eigenvalue weighted by molar-refractivity contribution is 0.0930. The molecule has 5 nitrogen and oxygen atoms in total. The van der Waals surface area contributed by atoms with Gasteiger partial charge in [-0.25, -0.2) is 13.8 Å². The number of aryl methyl sites for hydroxylation is 2. The molecule has 0 spiro atoms. The van der Waals surface area contributed by atoms with Gasteiger partial charge < -0.3 is 10.1 Å². The molecule has 0 radical (unpaired) electrons. The van der Waals surface area contributed by atoms with Crippen molar-refractivity contribution < 1.29 is 18.3 Å². The lowest BCUT2D eigenvalue weighted by Crippen LogP contribution is -2.28. The number of carbonyl (C=O) groups excluding carboxylic acids is 1. The van der Waals surface area contributed by atoms with Gasteiger partial charge in [0.15, 0.2) is 11.4 Å². The fourth-order valence-corrected chi connectivity index (χ4v) is 4.30. The van der Waals surface area contributed by atoms with Crippen LogP contribution in [0, 0.1) is 18.6 Å². The fourth-order valence-electron chi connectivity index (χ4n) is 4.30. The maximum absolute atomic E-state index is 13.9. The van der Waals surface area contributed by atoms with Crippen LogP contribution in [0.4, 0.5) is 8.78 Å². The Morgan fingerprint density at radius 3 is 2.72 bits per heavy atom. The van der Waals surface area contributed by atoms with E-state index in [4.69, 9.17) is 4.74 Å². The molecule has 0 bridgehead atoms. The van der Waals surface area contributed by atoms with E-state index in [1.54, 1.807) is 29.7 Å². The van der Waals surface area contributed by atoms with Gasteiger partial charge in [-0.05, 0) is 55.2 Å². The molecular weight excluding hydrogens is 412 g/mol.